The molecule has 1 amide bonds. The lowest BCUT2D eigenvalue weighted by atomic mass is 9.84. The molecular formula is C24H31N3O. The molecule has 2 heterocycles. The molecule has 2 aromatic rings. The van der Waals surface area contributed by atoms with Gasteiger partial charge >= 0.3 is 0 Å². The molecule has 4 rings (SSSR count). The van der Waals surface area contributed by atoms with Crippen molar-refractivity contribution in [3.63, 3.8) is 0 Å². The average Bonchev–Trinajstić information content (AvgIpc) is 2.95. The predicted molar refractivity (Wildman–Crippen MR) is 113 cm³/mol. The maximum atomic E-state index is 11.5. The fourth-order valence-corrected chi connectivity index (χ4v) is 5.07. The first-order chi connectivity index (χ1) is 13.7. The molecule has 2 unspecified atom stereocenters. The summed E-state index contributed by atoms with van der Waals surface area (Å²) < 4.78 is 0. The number of nitrogens with zero attached hydrogens (tertiary/aromatic N) is 1. The van der Waals surface area contributed by atoms with Gasteiger partial charge in [0.1, 0.15) is 0 Å². The van der Waals surface area contributed by atoms with Crippen LogP contribution in [0.2, 0.25) is 0 Å². The monoisotopic (exact) mass is 377 g/mol. The summed E-state index contributed by atoms with van der Waals surface area (Å²) in [7, 11) is 0. The van der Waals surface area contributed by atoms with Crippen LogP contribution in [0.3, 0.4) is 0 Å². The van der Waals surface area contributed by atoms with Crippen LogP contribution in [0.1, 0.15) is 53.1 Å². The van der Waals surface area contributed by atoms with Gasteiger partial charge in [-0.2, -0.15) is 0 Å². The Labute approximate surface area is 168 Å². The minimum absolute atomic E-state index is 0.330. The second kappa shape index (κ2) is 8.89. The van der Waals surface area contributed by atoms with Crippen molar-refractivity contribution in [2.75, 3.05) is 19.6 Å². The highest BCUT2D eigenvalue weighted by atomic mass is 16.1. The third-order valence-electron chi connectivity index (χ3n) is 6.51. The molecule has 0 radical (unpaired) electrons. The quantitative estimate of drug-likeness (QED) is 0.694. The molecule has 2 fully saturated rings. The third-order valence-corrected chi connectivity index (χ3v) is 6.51. The molecule has 2 aromatic carbocycles. The Morgan fingerprint density at radius 3 is 2.46 bits per heavy atom. The second-order valence-electron chi connectivity index (χ2n) is 8.27. The molecule has 0 saturated carbocycles. The van der Waals surface area contributed by atoms with Crippen LogP contribution in [-0.2, 0) is 6.42 Å². The molecule has 28 heavy (non-hydrogen) atoms. The summed E-state index contributed by atoms with van der Waals surface area (Å²) in [5, 5.41) is 3.62. The normalized spacial score (nSPS) is 24.4. The molecule has 2 atom stereocenters. The number of fused-ring (bicyclic) bond motifs is 2. The van der Waals surface area contributed by atoms with Crippen LogP contribution in [0.4, 0.5) is 0 Å². The summed E-state index contributed by atoms with van der Waals surface area (Å²) in [6, 6.07) is 20.0. The Bertz CT molecular complexity index is 777. The summed E-state index contributed by atoms with van der Waals surface area (Å²) in [5.74, 6) is 0.225. The summed E-state index contributed by atoms with van der Waals surface area (Å²) in [4.78, 5) is 14.2. The highest BCUT2D eigenvalue weighted by Gasteiger charge is 2.40. The zero-order valence-corrected chi connectivity index (χ0v) is 16.5. The van der Waals surface area contributed by atoms with Crippen molar-refractivity contribution in [2.24, 2.45) is 5.73 Å². The molecule has 4 heteroatoms. The van der Waals surface area contributed by atoms with Gasteiger partial charge in [-0.05, 0) is 67.8 Å². The van der Waals surface area contributed by atoms with E-state index in [-0.39, 0.29) is 5.91 Å². The van der Waals surface area contributed by atoms with Crippen LogP contribution in [0.5, 0.6) is 0 Å². The zero-order chi connectivity index (χ0) is 19.3. The molecule has 2 aliphatic rings. The third kappa shape index (κ3) is 4.45. The SMILES string of the molecule is NC(=O)c1cccc(C2CC3CCC(C2)N3CCNCCc2ccccc2)c1. The van der Waals surface area contributed by atoms with Gasteiger partial charge in [-0.3, -0.25) is 9.69 Å². The van der Waals surface area contributed by atoms with Gasteiger partial charge in [0.15, 0.2) is 0 Å². The standard InChI is InChI=1S/C24H31N3O/c25-24(28)20-8-4-7-19(15-20)21-16-22-9-10-23(17-21)27(22)14-13-26-12-11-18-5-2-1-3-6-18/h1-8,15,21-23,26H,9-14,16-17H2,(H2,25,28). The summed E-state index contributed by atoms with van der Waals surface area (Å²) in [6.07, 6.45) is 6.10. The van der Waals surface area contributed by atoms with Crippen LogP contribution in [0.15, 0.2) is 54.6 Å². The van der Waals surface area contributed by atoms with E-state index in [2.05, 4.69) is 46.6 Å². The van der Waals surface area contributed by atoms with E-state index in [1.165, 1.54) is 36.8 Å². The molecule has 0 spiro atoms. The molecule has 0 aromatic heterocycles. The number of nitrogens with two attached hydrogens (primary N) is 1. The van der Waals surface area contributed by atoms with Crippen molar-refractivity contribution < 1.29 is 4.79 Å². The highest BCUT2D eigenvalue weighted by Crippen LogP contribution is 2.42. The van der Waals surface area contributed by atoms with E-state index >= 15 is 0 Å². The number of piperidine rings is 1. The highest BCUT2D eigenvalue weighted by molar-refractivity contribution is 5.92. The van der Waals surface area contributed by atoms with E-state index in [0.717, 1.165) is 26.1 Å². The number of rotatable bonds is 8. The fraction of sp³-hybridized carbons (Fsp3) is 0.458. The minimum Gasteiger partial charge on any atom is -0.366 e. The molecule has 148 valence electrons. The Balaban J connectivity index is 1.26. The lowest BCUT2D eigenvalue weighted by molar-refractivity contribution is 0.1000. The van der Waals surface area contributed by atoms with E-state index in [1.807, 2.05) is 18.2 Å². The largest absolute Gasteiger partial charge is 0.366 e. The number of carbonyl (C=O) groups excluding carboxylic acids is 1. The number of hydrogen-bond acceptors (Lipinski definition) is 3. The topological polar surface area (TPSA) is 58.4 Å². The molecule has 2 aliphatic heterocycles. The first-order valence-corrected chi connectivity index (χ1v) is 10.6. The van der Waals surface area contributed by atoms with Crippen molar-refractivity contribution in [2.45, 2.75) is 50.1 Å². The molecule has 0 aliphatic carbocycles. The lowest BCUT2D eigenvalue weighted by Gasteiger charge is -2.39. The molecule has 4 nitrogen and oxygen atoms in total. The Kier molecular flexibility index (Phi) is 6.08. The van der Waals surface area contributed by atoms with Crippen LogP contribution in [0, 0.1) is 0 Å². The van der Waals surface area contributed by atoms with Gasteiger partial charge in [-0.15, -0.1) is 0 Å². The number of nitrogens with one attached hydrogen (secondary N) is 1. The fourth-order valence-electron chi connectivity index (χ4n) is 5.07. The lowest BCUT2D eigenvalue weighted by Crippen LogP contribution is -2.45. The minimum atomic E-state index is -0.330. The molecule has 2 saturated heterocycles. The van der Waals surface area contributed by atoms with E-state index < -0.39 is 0 Å². The summed E-state index contributed by atoms with van der Waals surface area (Å²) >= 11 is 0. The van der Waals surface area contributed by atoms with Crippen LogP contribution in [-0.4, -0.2) is 42.5 Å². The maximum Gasteiger partial charge on any atom is 0.248 e. The van der Waals surface area contributed by atoms with Crippen molar-refractivity contribution in [1.82, 2.24) is 10.2 Å². The van der Waals surface area contributed by atoms with E-state index in [1.54, 1.807) is 0 Å². The van der Waals surface area contributed by atoms with Gasteiger partial charge in [0.25, 0.3) is 0 Å². The van der Waals surface area contributed by atoms with E-state index in [0.29, 0.717) is 23.6 Å². The second-order valence-corrected chi connectivity index (χ2v) is 8.27. The molecular weight excluding hydrogens is 346 g/mol. The Hall–Kier alpha value is -2.17. The van der Waals surface area contributed by atoms with Gasteiger partial charge in [-0.25, -0.2) is 0 Å². The summed E-state index contributed by atoms with van der Waals surface area (Å²) in [5.41, 5.74) is 8.78. The smallest absolute Gasteiger partial charge is 0.248 e. The van der Waals surface area contributed by atoms with Crippen LogP contribution < -0.4 is 11.1 Å². The maximum absolute atomic E-state index is 11.5. The van der Waals surface area contributed by atoms with Gasteiger partial charge in [-0.1, -0.05) is 42.5 Å². The van der Waals surface area contributed by atoms with Gasteiger partial charge in [0, 0.05) is 30.7 Å². The van der Waals surface area contributed by atoms with Crippen molar-refractivity contribution >= 4 is 5.91 Å². The van der Waals surface area contributed by atoms with E-state index in [4.69, 9.17) is 5.73 Å². The average molecular weight is 378 g/mol. The van der Waals surface area contributed by atoms with Crippen molar-refractivity contribution in [3.05, 3.63) is 71.3 Å². The number of carbonyl (C=O) groups is 1. The first-order valence-electron chi connectivity index (χ1n) is 10.6. The Morgan fingerprint density at radius 1 is 1.00 bits per heavy atom. The number of amides is 1. The van der Waals surface area contributed by atoms with Crippen molar-refractivity contribution in [1.29, 1.82) is 0 Å². The van der Waals surface area contributed by atoms with Crippen molar-refractivity contribution in [3.8, 4) is 0 Å². The van der Waals surface area contributed by atoms with Gasteiger partial charge in [0.05, 0.1) is 0 Å². The predicted octanol–water partition coefficient (Wildman–Crippen LogP) is 3.33. The zero-order valence-electron chi connectivity index (χ0n) is 16.5. The van der Waals surface area contributed by atoms with Gasteiger partial charge < -0.3 is 11.1 Å². The van der Waals surface area contributed by atoms with Crippen LogP contribution in [0.25, 0.3) is 0 Å². The number of primary amides is 1. The molecule has 2 bridgehead atoms. The van der Waals surface area contributed by atoms with E-state index in [9.17, 15) is 4.79 Å². The van der Waals surface area contributed by atoms with Crippen LogP contribution >= 0.6 is 0 Å². The Morgan fingerprint density at radius 2 is 1.75 bits per heavy atom. The number of hydrogen-bond donors (Lipinski definition) is 2. The number of benzene rings is 2. The first kappa shape index (κ1) is 19.2. The summed E-state index contributed by atoms with van der Waals surface area (Å²) in [6.45, 7) is 3.23. The molecule has 3 N–H and O–H groups in total. The van der Waals surface area contributed by atoms with Gasteiger partial charge in [0.2, 0.25) is 5.91 Å².